The zero-order chi connectivity index (χ0) is 28.1. The summed E-state index contributed by atoms with van der Waals surface area (Å²) in [4.78, 5) is 25.0. The molecule has 1 N–H and O–H groups in total. The van der Waals surface area contributed by atoms with Crippen LogP contribution in [0.3, 0.4) is 0 Å². The quantitative estimate of drug-likeness (QED) is 0.243. The van der Waals surface area contributed by atoms with Gasteiger partial charge in [-0.25, -0.2) is 9.97 Å². The van der Waals surface area contributed by atoms with Crippen molar-refractivity contribution < 1.29 is 17.4 Å². The first-order valence-corrected chi connectivity index (χ1v) is 13.7. The molecule has 0 aliphatic rings. The maximum atomic E-state index is 4.38. The lowest BCUT2D eigenvalue weighted by Gasteiger charge is -2.00. The van der Waals surface area contributed by atoms with Crippen LogP contribution in [0.4, 0.5) is 0 Å². The molecular weight excluding hydrogens is 552 g/mol. The summed E-state index contributed by atoms with van der Waals surface area (Å²) in [5.74, 6) is 0. The van der Waals surface area contributed by atoms with E-state index in [0.29, 0.717) is 0 Å². The molecule has 0 fully saturated rings. The van der Waals surface area contributed by atoms with Crippen LogP contribution in [-0.4, -0.2) is 24.9 Å². The molecule has 0 unspecified atom stereocenters. The average molecular weight is 577 g/mol. The molecule has 0 saturated carbocycles. The molecule has 0 radical (unpaired) electrons. The molecule has 0 saturated heterocycles. The average Bonchev–Trinajstić information content (AvgIpc) is 3.09. The largest absolute Gasteiger partial charge is 1.00 e. The Hall–Kier alpha value is -5.59. The van der Waals surface area contributed by atoms with Crippen molar-refractivity contribution in [2.75, 3.05) is 0 Å². The zero-order valence-corrected chi connectivity index (χ0v) is 23.7. The van der Waals surface area contributed by atoms with E-state index in [0.717, 1.165) is 54.6 Å². The molecule has 206 valence electrons. The minimum Gasteiger partial charge on any atom is -1.00 e. The van der Waals surface area contributed by atoms with E-state index in [1.807, 2.05) is 48.8 Å². The van der Waals surface area contributed by atoms with Gasteiger partial charge in [-0.15, -0.1) is 0 Å². The number of fused-ring (bicyclic) bond motifs is 9. The first-order valence-electron chi connectivity index (χ1n) is 13.7. The van der Waals surface area contributed by atoms with Crippen LogP contribution in [0.1, 0.15) is 0 Å². The molecule has 9 aromatic rings. The Balaban J connectivity index is 0.000000113. The molecule has 0 spiro atoms. The Kier molecular flexibility index (Phi) is 8.02. The minimum atomic E-state index is 0. The summed E-state index contributed by atoms with van der Waals surface area (Å²) in [5.41, 5.74) is 6.05. The second-order valence-electron chi connectivity index (χ2n) is 9.71. The van der Waals surface area contributed by atoms with E-state index in [1.54, 1.807) is 24.8 Å². The fraction of sp³-hybridized carbons (Fsp3) is 0. The smallest absolute Gasteiger partial charge is 0.237 e. The lowest BCUT2D eigenvalue weighted by atomic mass is 10.1. The van der Waals surface area contributed by atoms with Gasteiger partial charge in [0.2, 0.25) is 5.52 Å². The molecule has 3 aromatic carbocycles. The van der Waals surface area contributed by atoms with Gasteiger partial charge < -0.3 is 12.4 Å². The van der Waals surface area contributed by atoms with Gasteiger partial charge in [0.05, 0.1) is 22.1 Å². The van der Waals surface area contributed by atoms with E-state index in [2.05, 4.69) is 103 Å². The molecule has 9 rings (SSSR count). The van der Waals surface area contributed by atoms with E-state index >= 15 is 0 Å². The van der Waals surface area contributed by atoms with Crippen LogP contribution in [0.25, 0.3) is 65.4 Å². The van der Waals surface area contributed by atoms with Crippen molar-refractivity contribution in [3.8, 4) is 0 Å². The lowest BCUT2D eigenvalue weighted by molar-refractivity contribution is -0.343. The van der Waals surface area contributed by atoms with Crippen molar-refractivity contribution in [1.29, 1.82) is 0 Å². The Morgan fingerprint density at radius 2 is 0.628 bits per heavy atom. The number of hydrogen-bond donors (Lipinski definition) is 0. The summed E-state index contributed by atoms with van der Waals surface area (Å²) in [6, 6.07) is 36.6. The molecule has 6 nitrogen and oxygen atoms in total. The second-order valence-corrected chi connectivity index (χ2v) is 9.71. The Morgan fingerprint density at radius 1 is 0.326 bits per heavy atom. The van der Waals surface area contributed by atoms with E-state index in [-0.39, 0.29) is 12.4 Å². The van der Waals surface area contributed by atoms with E-state index in [4.69, 9.17) is 0 Å². The molecule has 0 atom stereocenters. The van der Waals surface area contributed by atoms with Gasteiger partial charge in [0.1, 0.15) is 5.52 Å². The first kappa shape index (κ1) is 27.6. The van der Waals surface area contributed by atoms with Crippen molar-refractivity contribution >= 4 is 65.4 Å². The van der Waals surface area contributed by atoms with Gasteiger partial charge in [-0.2, -0.15) is 0 Å². The van der Waals surface area contributed by atoms with Crippen molar-refractivity contribution in [1.82, 2.24) is 24.9 Å². The minimum absolute atomic E-state index is 0. The molecule has 6 aromatic heterocycles. The van der Waals surface area contributed by atoms with Gasteiger partial charge in [0.15, 0.2) is 6.20 Å². The molecule has 0 bridgehead atoms. The number of aromatic amines is 1. The third-order valence-corrected chi connectivity index (χ3v) is 7.10. The fourth-order valence-corrected chi connectivity index (χ4v) is 5.09. The van der Waals surface area contributed by atoms with Gasteiger partial charge >= 0.3 is 0 Å². The number of nitrogens with zero attached hydrogens (tertiary/aromatic N) is 5. The summed E-state index contributed by atoms with van der Waals surface area (Å²) < 4.78 is 0. The van der Waals surface area contributed by atoms with Crippen LogP contribution < -0.4 is 17.4 Å². The highest BCUT2D eigenvalue weighted by atomic mass is 35.5. The number of pyridine rings is 6. The van der Waals surface area contributed by atoms with Crippen LogP contribution in [0.2, 0.25) is 0 Å². The van der Waals surface area contributed by atoms with Crippen molar-refractivity contribution in [2.45, 2.75) is 0 Å². The monoisotopic (exact) mass is 576 g/mol. The Labute approximate surface area is 253 Å². The Morgan fingerprint density at radius 3 is 1.02 bits per heavy atom. The normalized spacial score (nSPS) is 10.6. The Bertz CT molecular complexity index is 1910. The highest BCUT2D eigenvalue weighted by Gasteiger charge is 2.05. The topological polar surface area (TPSA) is 78.6 Å². The van der Waals surface area contributed by atoms with Crippen LogP contribution in [0.15, 0.2) is 146 Å². The third-order valence-electron chi connectivity index (χ3n) is 7.10. The summed E-state index contributed by atoms with van der Waals surface area (Å²) in [6.45, 7) is 0. The molecule has 0 aliphatic carbocycles. The highest BCUT2D eigenvalue weighted by molar-refractivity contribution is 6.03. The third kappa shape index (κ3) is 5.64. The van der Waals surface area contributed by atoms with E-state index in [1.165, 1.54) is 10.8 Å². The predicted molar refractivity (Wildman–Crippen MR) is 170 cm³/mol. The van der Waals surface area contributed by atoms with Crippen molar-refractivity contribution in [2.24, 2.45) is 0 Å². The molecule has 6 heterocycles. The number of benzene rings is 3. The lowest BCUT2D eigenvalue weighted by Crippen LogP contribution is -3.00. The number of rotatable bonds is 0. The van der Waals surface area contributed by atoms with Crippen LogP contribution in [0, 0.1) is 0 Å². The van der Waals surface area contributed by atoms with Crippen molar-refractivity contribution in [3.63, 3.8) is 0 Å². The summed E-state index contributed by atoms with van der Waals surface area (Å²) in [5, 5.41) is 6.91. The predicted octanol–water partition coefficient (Wildman–Crippen LogP) is 4.77. The molecule has 0 aliphatic heterocycles. The van der Waals surface area contributed by atoms with Gasteiger partial charge in [0, 0.05) is 69.4 Å². The van der Waals surface area contributed by atoms with Gasteiger partial charge in [-0.3, -0.25) is 19.9 Å². The van der Waals surface area contributed by atoms with E-state index < -0.39 is 0 Å². The standard InChI is InChI=1S/3C12H8N2.ClH/c3*1-3-9-5-6-10-4-2-8-14-12(10)11(9)13-7-1;/h3*1-8H;1H. The number of H-pyrrole nitrogens is 1. The maximum absolute atomic E-state index is 4.38. The summed E-state index contributed by atoms with van der Waals surface area (Å²) in [7, 11) is 0. The van der Waals surface area contributed by atoms with Gasteiger partial charge in [-0.1, -0.05) is 60.7 Å². The number of hydrogen-bond acceptors (Lipinski definition) is 5. The SMILES string of the molecule is [Cl-].c1cnc2c(c1)ccc1ccc[nH+]c12.c1cnc2c(c1)ccc1cccnc12.c1cnc2c(c1)ccc1cccnc12. The summed E-state index contributed by atoms with van der Waals surface area (Å²) in [6.07, 6.45) is 11.0. The van der Waals surface area contributed by atoms with Gasteiger partial charge in [0.25, 0.3) is 0 Å². The van der Waals surface area contributed by atoms with Crippen LogP contribution in [0.5, 0.6) is 0 Å². The molecule has 43 heavy (non-hydrogen) atoms. The first-order chi connectivity index (χ1) is 20.8. The zero-order valence-electron chi connectivity index (χ0n) is 23.0. The van der Waals surface area contributed by atoms with Crippen molar-refractivity contribution in [3.05, 3.63) is 146 Å². The van der Waals surface area contributed by atoms with Crippen LogP contribution in [-0.2, 0) is 0 Å². The molecule has 0 amide bonds. The second kappa shape index (κ2) is 12.5. The number of nitrogens with one attached hydrogen (secondary N) is 1. The number of halogens is 1. The van der Waals surface area contributed by atoms with E-state index in [9.17, 15) is 0 Å². The van der Waals surface area contributed by atoms with Gasteiger partial charge in [-0.05, 0) is 42.5 Å². The molecule has 7 heteroatoms. The molecular formula is C36H25ClN6. The fourth-order valence-electron chi connectivity index (χ4n) is 5.09. The number of aromatic nitrogens is 6. The van der Waals surface area contributed by atoms with Crippen LogP contribution >= 0.6 is 0 Å². The maximum Gasteiger partial charge on any atom is 0.237 e. The highest BCUT2D eigenvalue weighted by Crippen LogP contribution is 2.22. The summed E-state index contributed by atoms with van der Waals surface area (Å²) >= 11 is 0.